The molecule has 0 N–H and O–H groups in total. The van der Waals surface area contributed by atoms with Gasteiger partial charge in [-0.3, -0.25) is 14.1 Å². The number of aromatic nitrogens is 2. The summed E-state index contributed by atoms with van der Waals surface area (Å²) in [7, 11) is 0. The molecule has 43 heavy (non-hydrogen) atoms. The lowest BCUT2D eigenvalue weighted by atomic mass is 10.0. The maximum atomic E-state index is 12.4. The third-order valence-corrected chi connectivity index (χ3v) is 6.86. The standard InChI is InChI=1S/C31H38F3N5O4/c1-30(2,3)43-29(41)38-15-13-37(14-16-38)11-5-17-42-36-21-24-9-12-39-27(22-35-28(39)20-24)25-7-4-6-23(18-25)19-26(40)8-10-31(32,33)34/h4,6-7,9,12,18,20-22H,5,8,10-11,13-17,19H2,1-3H3. The third kappa shape index (κ3) is 10.1. The van der Waals surface area contributed by atoms with Gasteiger partial charge in [0.05, 0.1) is 24.5 Å². The number of pyridine rings is 1. The van der Waals surface area contributed by atoms with Crippen molar-refractivity contribution in [3.63, 3.8) is 0 Å². The highest BCUT2D eigenvalue weighted by Gasteiger charge is 2.28. The Bertz CT molecular complexity index is 1420. The molecule has 1 aromatic carbocycles. The highest BCUT2D eigenvalue weighted by atomic mass is 19.4. The van der Waals surface area contributed by atoms with Crippen molar-refractivity contribution < 1.29 is 32.3 Å². The van der Waals surface area contributed by atoms with Crippen LogP contribution in [0.5, 0.6) is 0 Å². The number of nitrogens with zero attached hydrogens (tertiary/aromatic N) is 5. The average Bonchev–Trinajstić information content (AvgIpc) is 3.36. The molecule has 4 rings (SSSR count). The molecule has 0 atom stereocenters. The number of carbonyl (C=O) groups excluding carboxylic acids is 2. The molecule has 0 saturated carbocycles. The number of rotatable bonds is 11. The predicted octanol–water partition coefficient (Wildman–Crippen LogP) is 5.75. The van der Waals surface area contributed by atoms with Gasteiger partial charge in [0.25, 0.3) is 0 Å². The third-order valence-electron chi connectivity index (χ3n) is 6.86. The molecule has 0 unspecified atom stereocenters. The van der Waals surface area contributed by atoms with E-state index < -0.39 is 30.4 Å². The van der Waals surface area contributed by atoms with Crippen LogP contribution < -0.4 is 0 Å². The molecule has 0 aliphatic carbocycles. The van der Waals surface area contributed by atoms with E-state index in [-0.39, 0.29) is 12.5 Å². The van der Waals surface area contributed by atoms with Crippen molar-refractivity contribution in [2.24, 2.45) is 5.16 Å². The summed E-state index contributed by atoms with van der Waals surface area (Å²) >= 11 is 0. The molecule has 9 nitrogen and oxygen atoms in total. The lowest BCUT2D eigenvalue weighted by Gasteiger charge is -2.35. The molecule has 3 aromatic rings. The molecular formula is C31H38F3N5O4. The zero-order valence-electron chi connectivity index (χ0n) is 24.8. The van der Waals surface area contributed by atoms with Crippen molar-refractivity contribution in [1.29, 1.82) is 0 Å². The number of hydrogen-bond donors (Lipinski definition) is 0. The first kappa shape index (κ1) is 32.0. The molecule has 3 heterocycles. The SMILES string of the molecule is CC(C)(C)OC(=O)N1CCN(CCCON=Cc2ccn3c(-c4cccc(CC(=O)CCC(F)(F)F)c4)cnc3c2)CC1. The van der Waals surface area contributed by atoms with Gasteiger partial charge >= 0.3 is 12.3 Å². The Morgan fingerprint density at radius 3 is 2.56 bits per heavy atom. The molecule has 1 saturated heterocycles. The number of Topliss-reactive ketones (excluding diaryl/α,β-unsaturated/α-hetero) is 1. The van der Waals surface area contributed by atoms with Crippen molar-refractivity contribution >= 4 is 23.7 Å². The van der Waals surface area contributed by atoms with Gasteiger partial charge in [0.15, 0.2) is 0 Å². The second-order valence-corrected chi connectivity index (χ2v) is 11.6. The minimum Gasteiger partial charge on any atom is -0.444 e. The monoisotopic (exact) mass is 601 g/mol. The van der Waals surface area contributed by atoms with Gasteiger partial charge < -0.3 is 14.5 Å². The highest BCUT2D eigenvalue weighted by molar-refractivity contribution is 5.82. The highest BCUT2D eigenvalue weighted by Crippen LogP contribution is 2.24. The molecule has 0 bridgehead atoms. The number of fused-ring (bicyclic) bond motifs is 1. The van der Waals surface area contributed by atoms with Crippen molar-refractivity contribution in [3.05, 3.63) is 59.9 Å². The average molecular weight is 602 g/mol. The van der Waals surface area contributed by atoms with Gasteiger partial charge in [-0.2, -0.15) is 13.2 Å². The minimum absolute atomic E-state index is 0.0496. The van der Waals surface area contributed by atoms with Crippen LogP contribution in [0.15, 0.2) is 53.9 Å². The van der Waals surface area contributed by atoms with Gasteiger partial charge in [0.1, 0.15) is 23.6 Å². The molecule has 1 fully saturated rings. The topological polar surface area (TPSA) is 88.7 Å². The van der Waals surface area contributed by atoms with E-state index in [9.17, 15) is 22.8 Å². The molecular weight excluding hydrogens is 563 g/mol. The maximum Gasteiger partial charge on any atom is 0.410 e. The predicted molar refractivity (Wildman–Crippen MR) is 157 cm³/mol. The molecule has 1 amide bonds. The number of piperazine rings is 1. The summed E-state index contributed by atoms with van der Waals surface area (Å²) < 4.78 is 44.6. The Labute approximate surface area is 249 Å². The van der Waals surface area contributed by atoms with E-state index in [0.717, 1.165) is 42.9 Å². The maximum absolute atomic E-state index is 12.4. The largest absolute Gasteiger partial charge is 0.444 e. The summed E-state index contributed by atoms with van der Waals surface area (Å²) in [6.45, 7) is 9.77. The van der Waals surface area contributed by atoms with E-state index in [1.807, 2.05) is 49.6 Å². The van der Waals surface area contributed by atoms with Crippen LogP contribution in [0, 0.1) is 0 Å². The number of benzene rings is 1. The lowest BCUT2D eigenvalue weighted by molar-refractivity contribution is -0.143. The van der Waals surface area contributed by atoms with Crippen LogP contribution in [0.2, 0.25) is 0 Å². The van der Waals surface area contributed by atoms with Crippen molar-refractivity contribution in [3.8, 4) is 11.3 Å². The number of ether oxygens (including phenoxy) is 1. The first-order valence-corrected chi connectivity index (χ1v) is 14.4. The fraction of sp³-hybridized carbons (Fsp3) is 0.484. The van der Waals surface area contributed by atoms with Crippen LogP contribution in [-0.2, 0) is 20.8 Å². The summed E-state index contributed by atoms with van der Waals surface area (Å²) in [6.07, 6.45) is -0.281. The molecule has 1 aliphatic heterocycles. The van der Waals surface area contributed by atoms with E-state index in [0.29, 0.717) is 30.9 Å². The Morgan fingerprint density at radius 2 is 1.84 bits per heavy atom. The second-order valence-electron chi connectivity index (χ2n) is 11.6. The van der Waals surface area contributed by atoms with Crippen LogP contribution in [0.3, 0.4) is 0 Å². The first-order valence-electron chi connectivity index (χ1n) is 14.4. The van der Waals surface area contributed by atoms with Crippen molar-refractivity contribution in [1.82, 2.24) is 19.2 Å². The van der Waals surface area contributed by atoms with Crippen LogP contribution in [0.4, 0.5) is 18.0 Å². The number of amides is 1. The van der Waals surface area contributed by atoms with Crippen LogP contribution >= 0.6 is 0 Å². The van der Waals surface area contributed by atoms with Gasteiger partial charge in [-0.15, -0.1) is 0 Å². The number of alkyl halides is 3. The summed E-state index contributed by atoms with van der Waals surface area (Å²) in [5.41, 5.74) is 3.27. The normalized spacial score (nSPS) is 14.9. The van der Waals surface area contributed by atoms with Gasteiger partial charge in [-0.1, -0.05) is 23.4 Å². The Kier molecular flexibility index (Phi) is 10.4. The van der Waals surface area contributed by atoms with Gasteiger partial charge in [-0.25, -0.2) is 9.78 Å². The molecule has 12 heteroatoms. The summed E-state index contributed by atoms with van der Waals surface area (Å²) in [6, 6.07) is 10.9. The number of carbonyl (C=O) groups is 2. The van der Waals surface area contributed by atoms with E-state index >= 15 is 0 Å². The van der Waals surface area contributed by atoms with E-state index in [1.165, 1.54) is 0 Å². The van der Waals surface area contributed by atoms with Crippen molar-refractivity contribution in [2.75, 3.05) is 39.3 Å². The second kappa shape index (κ2) is 14.0. The number of imidazole rings is 1. The molecule has 0 spiro atoms. The Balaban J connectivity index is 1.22. The summed E-state index contributed by atoms with van der Waals surface area (Å²) in [5.74, 6) is -0.447. The fourth-order valence-electron chi connectivity index (χ4n) is 4.71. The van der Waals surface area contributed by atoms with Gasteiger partial charge in [0, 0.05) is 62.9 Å². The molecule has 2 aromatic heterocycles. The molecule has 0 radical (unpaired) electrons. The van der Waals surface area contributed by atoms with E-state index in [4.69, 9.17) is 9.57 Å². The Morgan fingerprint density at radius 1 is 1.07 bits per heavy atom. The lowest BCUT2D eigenvalue weighted by Crippen LogP contribution is -2.50. The number of hydrogen-bond acceptors (Lipinski definition) is 7. The number of ketones is 1. The zero-order valence-corrected chi connectivity index (χ0v) is 24.8. The number of oxime groups is 1. The summed E-state index contributed by atoms with van der Waals surface area (Å²) in [4.78, 5) is 38.2. The van der Waals surface area contributed by atoms with E-state index in [2.05, 4.69) is 15.0 Å². The summed E-state index contributed by atoms with van der Waals surface area (Å²) in [5, 5.41) is 4.08. The van der Waals surface area contributed by atoms with Crippen LogP contribution in [-0.4, -0.2) is 88.4 Å². The fourth-order valence-corrected chi connectivity index (χ4v) is 4.71. The van der Waals surface area contributed by atoms with Crippen molar-refractivity contribution in [2.45, 2.75) is 58.2 Å². The van der Waals surface area contributed by atoms with Gasteiger partial charge in [0.2, 0.25) is 0 Å². The van der Waals surface area contributed by atoms with Crippen LogP contribution in [0.1, 0.15) is 51.2 Å². The minimum atomic E-state index is -4.34. The molecule has 232 valence electrons. The quantitative estimate of drug-likeness (QED) is 0.158. The smallest absolute Gasteiger partial charge is 0.410 e. The van der Waals surface area contributed by atoms with E-state index in [1.54, 1.807) is 35.5 Å². The first-order chi connectivity index (χ1) is 20.4. The molecule has 1 aliphatic rings. The Hall–Kier alpha value is -3.93. The van der Waals surface area contributed by atoms with Gasteiger partial charge in [-0.05, 0) is 51.0 Å². The zero-order chi connectivity index (χ0) is 31.0. The van der Waals surface area contributed by atoms with Crippen LogP contribution in [0.25, 0.3) is 16.9 Å². The number of halogens is 3.